The van der Waals surface area contributed by atoms with Gasteiger partial charge >= 0.3 is 12.2 Å². The number of rotatable bonds is 2. The van der Waals surface area contributed by atoms with Gasteiger partial charge in [0.1, 0.15) is 11.6 Å². The topological polar surface area (TPSA) is 79.8 Å². The molecule has 5 nitrogen and oxygen atoms in total. The zero-order chi connectivity index (χ0) is 11.6. The third kappa shape index (κ3) is 2.04. The maximum absolute atomic E-state index is 12.4. The highest BCUT2D eigenvalue weighted by molar-refractivity contribution is 5.43. The molecule has 0 bridgehead atoms. The number of halogens is 2. The fourth-order valence-electron chi connectivity index (χ4n) is 1.06. The lowest BCUT2D eigenvalue weighted by atomic mass is 10.1. The van der Waals surface area contributed by atoms with E-state index in [1.807, 2.05) is 0 Å². The van der Waals surface area contributed by atoms with E-state index in [2.05, 4.69) is 4.98 Å². The predicted octanol–water partition coefficient (Wildman–Crippen LogP) is 2.11. The van der Waals surface area contributed by atoms with Crippen molar-refractivity contribution in [3.63, 3.8) is 0 Å². The molecule has 7 heteroatoms. The Bertz CT molecular complexity index is 454. The summed E-state index contributed by atoms with van der Waals surface area (Å²) >= 11 is 0. The van der Waals surface area contributed by atoms with Gasteiger partial charge in [0.15, 0.2) is 0 Å². The highest BCUT2D eigenvalue weighted by atomic mass is 19.3. The molecule has 1 aromatic heterocycles. The van der Waals surface area contributed by atoms with Gasteiger partial charge in [-0.05, 0) is 22.9 Å². The first-order valence-electron chi connectivity index (χ1n) is 3.81. The fraction of sp³-hybridized carbons (Fsp3) is 0.250. The summed E-state index contributed by atoms with van der Waals surface area (Å²) in [7, 11) is 0. The van der Waals surface area contributed by atoms with Crippen LogP contribution in [0.15, 0.2) is 6.07 Å². The first-order valence-corrected chi connectivity index (χ1v) is 3.81. The van der Waals surface area contributed by atoms with Crippen LogP contribution in [-0.2, 0) is 0 Å². The number of hydrogen-bond acceptors (Lipinski definition) is 4. The van der Waals surface area contributed by atoms with Crippen molar-refractivity contribution in [3.05, 3.63) is 33.0 Å². The normalized spacial score (nSPS) is 10.1. The molecule has 1 aromatic rings. The summed E-state index contributed by atoms with van der Waals surface area (Å²) in [4.78, 5) is 12.7. The molecule has 0 atom stereocenters. The fourth-order valence-corrected chi connectivity index (χ4v) is 1.06. The number of aromatic nitrogens is 1. The molecule has 0 spiro atoms. The van der Waals surface area contributed by atoms with Crippen LogP contribution < -0.4 is 0 Å². The summed E-state index contributed by atoms with van der Waals surface area (Å²) in [5.74, 6) is -0.649. The van der Waals surface area contributed by atoms with E-state index >= 15 is 0 Å². The second-order valence-electron chi connectivity index (χ2n) is 2.73. The van der Waals surface area contributed by atoms with E-state index in [1.165, 1.54) is 13.0 Å². The first kappa shape index (κ1) is 11.0. The molecule has 0 saturated heterocycles. The quantitative estimate of drug-likeness (QED) is 0.556. The number of nitro groups is 1. The number of alkyl halides is 2. The van der Waals surface area contributed by atoms with Crippen molar-refractivity contribution in [2.75, 3.05) is 0 Å². The molecule has 0 N–H and O–H groups in total. The van der Waals surface area contributed by atoms with Gasteiger partial charge in [-0.25, -0.2) is 8.78 Å². The number of hydrogen-bond donors (Lipinski definition) is 0. The van der Waals surface area contributed by atoms with E-state index in [0.29, 0.717) is 0 Å². The van der Waals surface area contributed by atoms with Crippen LogP contribution in [0.5, 0.6) is 0 Å². The minimum Gasteiger partial charge on any atom is -0.358 e. The smallest absolute Gasteiger partial charge is 0.358 e. The van der Waals surface area contributed by atoms with Gasteiger partial charge in [0.25, 0.3) is 0 Å². The molecule has 1 heterocycles. The van der Waals surface area contributed by atoms with Crippen molar-refractivity contribution in [1.82, 2.24) is 4.98 Å². The molecule has 0 aliphatic rings. The highest BCUT2D eigenvalue weighted by Crippen LogP contribution is 2.25. The van der Waals surface area contributed by atoms with Crippen LogP contribution in [0.1, 0.15) is 23.2 Å². The molecule has 0 radical (unpaired) electrons. The van der Waals surface area contributed by atoms with E-state index in [0.717, 1.165) is 6.07 Å². The maximum Gasteiger partial charge on any atom is 0.366 e. The Hall–Kier alpha value is -2.10. The summed E-state index contributed by atoms with van der Waals surface area (Å²) in [5, 5.41) is 18.9. The van der Waals surface area contributed by atoms with Crippen molar-refractivity contribution < 1.29 is 13.7 Å². The van der Waals surface area contributed by atoms with Crippen molar-refractivity contribution in [3.8, 4) is 6.07 Å². The Kier molecular flexibility index (Phi) is 2.90. The maximum atomic E-state index is 12.4. The summed E-state index contributed by atoms with van der Waals surface area (Å²) in [6.45, 7) is 1.33. The molecule has 0 fully saturated rings. The summed E-state index contributed by atoms with van der Waals surface area (Å²) in [6, 6.07) is 2.55. The average Bonchev–Trinajstić information content (AvgIpc) is 2.16. The molecular formula is C8H5F2N3O2. The molecule has 0 unspecified atom stereocenters. The van der Waals surface area contributed by atoms with E-state index in [-0.39, 0.29) is 11.1 Å². The molecule has 0 aliphatic carbocycles. The van der Waals surface area contributed by atoms with Crippen LogP contribution >= 0.6 is 0 Å². The lowest BCUT2D eigenvalue weighted by Crippen LogP contribution is -2.02. The predicted molar refractivity (Wildman–Crippen MR) is 45.3 cm³/mol. The van der Waals surface area contributed by atoms with Gasteiger partial charge in [0, 0.05) is 5.56 Å². The monoisotopic (exact) mass is 213 g/mol. The molecule has 78 valence electrons. The molecule has 0 amide bonds. The molecule has 1 rings (SSSR count). The number of nitriles is 1. The van der Waals surface area contributed by atoms with Gasteiger partial charge in [0.05, 0.1) is 0 Å². The van der Waals surface area contributed by atoms with Crippen LogP contribution in [0, 0.1) is 28.4 Å². The van der Waals surface area contributed by atoms with Crippen LogP contribution in [0.3, 0.4) is 0 Å². The van der Waals surface area contributed by atoms with Crippen molar-refractivity contribution in [1.29, 1.82) is 5.26 Å². The van der Waals surface area contributed by atoms with Gasteiger partial charge in [-0.1, -0.05) is 0 Å². The second-order valence-corrected chi connectivity index (χ2v) is 2.73. The van der Waals surface area contributed by atoms with Crippen LogP contribution in [0.2, 0.25) is 0 Å². The van der Waals surface area contributed by atoms with E-state index in [1.54, 1.807) is 0 Å². The first-order chi connectivity index (χ1) is 6.97. The standard InChI is InChI=1S/C8H5F2N3O2/c1-4-2-5(3-11)6(7(9)10)12-8(4)13(14)15/h2,7H,1H3. The highest BCUT2D eigenvalue weighted by Gasteiger charge is 2.25. The number of pyridine rings is 1. The van der Waals surface area contributed by atoms with Gasteiger partial charge in [0.2, 0.25) is 5.69 Å². The molecular weight excluding hydrogens is 208 g/mol. The lowest BCUT2D eigenvalue weighted by Gasteiger charge is -2.00. The largest absolute Gasteiger partial charge is 0.366 e. The van der Waals surface area contributed by atoms with Crippen molar-refractivity contribution in [2.24, 2.45) is 0 Å². The Labute approximate surface area is 83.1 Å². The van der Waals surface area contributed by atoms with E-state index in [9.17, 15) is 18.9 Å². The SMILES string of the molecule is Cc1cc(C#N)c(C(F)F)nc1[N+](=O)[O-]. The minimum atomic E-state index is -3.00. The third-order valence-electron chi connectivity index (χ3n) is 1.72. The third-order valence-corrected chi connectivity index (χ3v) is 1.72. The van der Waals surface area contributed by atoms with E-state index < -0.39 is 22.9 Å². The Morgan fingerprint density at radius 2 is 2.27 bits per heavy atom. The van der Waals surface area contributed by atoms with Gasteiger partial charge in [-0.3, -0.25) is 0 Å². The number of nitrogens with zero attached hydrogens (tertiary/aromatic N) is 3. The Morgan fingerprint density at radius 1 is 1.67 bits per heavy atom. The van der Waals surface area contributed by atoms with Gasteiger partial charge in [-0.2, -0.15) is 5.26 Å². The lowest BCUT2D eigenvalue weighted by molar-refractivity contribution is -0.390. The van der Waals surface area contributed by atoms with Gasteiger partial charge in [-0.15, -0.1) is 0 Å². The van der Waals surface area contributed by atoms with E-state index in [4.69, 9.17) is 5.26 Å². The molecule has 0 saturated carbocycles. The van der Waals surface area contributed by atoms with Crippen molar-refractivity contribution in [2.45, 2.75) is 13.3 Å². The van der Waals surface area contributed by atoms with Crippen LogP contribution in [-0.4, -0.2) is 9.91 Å². The molecule has 15 heavy (non-hydrogen) atoms. The zero-order valence-electron chi connectivity index (χ0n) is 7.57. The molecule has 0 aliphatic heterocycles. The Morgan fingerprint density at radius 3 is 2.67 bits per heavy atom. The summed E-state index contributed by atoms with van der Waals surface area (Å²) < 4.78 is 24.7. The van der Waals surface area contributed by atoms with Gasteiger partial charge < -0.3 is 10.1 Å². The molecule has 0 aromatic carbocycles. The van der Waals surface area contributed by atoms with Crippen LogP contribution in [0.25, 0.3) is 0 Å². The average molecular weight is 213 g/mol. The Balaban J connectivity index is 3.45. The van der Waals surface area contributed by atoms with Crippen molar-refractivity contribution >= 4 is 5.82 Å². The second kappa shape index (κ2) is 3.96. The number of aryl methyl sites for hydroxylation is 1. The summed E-state index contributed by atoms with van der Waals surface area (Å²) in [5.41, 5.74) is -1.11. The van der Waals surface area contributed by atoms with Crippen LogP contribution in [0.4, 0.5) is 14.6 Å². The zero-order valence-corrected chi connectivity index (χ0v) is 7.57. The minimum absolute atomic E-state index is 0.0842. The summed E-state index contributed by atoms with van der Waals surface area (Å²) in [6.07, 6.45) is -3.00.